The lowest BCUT2D eigenvalue weighted by Crippen LogP contribution is -2.38. The monoisotopic (exact) mass is 628 g/mol. The van der Waals surface area contributed by atoms with Gasteiger partial charge in [-0.2, -0.15) is 0 Å². The van der Waals surface area contributed by atoms with E-state index in [1.54, 1.807) is 42.7 Å². The zero-order valence-corrected chi connectivity index (χ0v) is 25.3. The van der Waals surface area contributed by atoms with E-state index in [1.807, 2.05) is 13.0 Å². The molecule has 2 aromatic heterocycles. The summed E-state index contributed by atoms with van der Waals surface area (Å²) >= 11 is 0. The first-order chi connectivity index (χ1) is 20.4. The summed E-state index contributed by atoms with van der Waals surface area (Å²) in [5, 5.41) is 7.69. The number of anilines is 2. The molecule has 2 aliphatic heterocycles. The third-order valence-electron chi connectivity index (χ3n) is 7.52. The minimum Gasteiger partial charge on any atom is -0.437 e. The molecule has 3 N–H and O–H groups in total. The highest BCUT2D eigenvalue weighted by atomic mass is 35.5. The molecule has 6 rings (SSSR count). The van der Waals surface area contributed by atoms with E-state index in [4.69, 9.17) is 14.5 Å². The van der Waals surface area contributed by atoms with Gasteiger partial charge in [-0.15, -0.1) is 12.4 Å². The lowest BCUT2D eigenvalue weighted by Gasteiger charge is -2.23. The van der Waals surface area contributed by atoms with Crippen LogP contribution in [0.25, 0.3) is 22.0 Å². The van der Waals surface area contributed by atoms with E-state index < -0.39 is 21.9 Å². The van der Waals surface area contributed by atoms with Crippen molar-refractivity contribution in [2.24, 2.45) is 0 Å². The van der Waals surface area contributed by atoms with Crippen molar-refractivity contribution in [1.82, 2.24) is 20.3 Å². The van der Waals surface area contributed by atoms with Crippen LogP contribution in [0.5, 0.6) is 11.6 Å². The molecular formula is C30H34ClFN6O4S. The number of benzene rings is 2. The number of rotatable bonds is 9. The Morgan fingerprint density at radius 3 is 2.72 bits per heavy atom. The van der Waals surface area contributed by atoms with Gasteiger partial charge in [0, 0.05) is 42.4 Å². The Bertz CT molecular complexity index is 1700. The number of hydrogen-bond donors (Lipinski definition) is 3. The van der Waals surface area contributed by atoms with E-state index in [9.17, 15) is 8.42 Å². The van der Waals surface area contributed by atoms with Gasteiger partial charge in [0.15, 0.2) is 0 Å². The number of fused-ring (bicyclic) bond motifs is 1. The smallest absolute Gasteiger partial charge is 0.235 e. The van der Waals surface area contributed by atoms with Gasteiger partial charge in [-0.05, 0) is 75.0 Å². The third-order valence-corrected chi connectivity index (χ3v) is 8.84. The summed E-state index contributed by atoms with van der Waals surface area (Å²) in [5.74, 6) is 0.353. The minimum atomic E-state index is -3.86. The van der Waals surface area contributed by atoms with Gasteiger partial charge in [-0.25, -0.2) is 27.8 Å². The zero-order valence-electron chi connectivity index (χ0n) is 23.7. The second-order valence-electron chi connectivity index (χ2n) is 10.7. The lowest BCUT2D eigenvalue weighted by molar-refractivity contribution is 0.127. The first-order valence-corrected chi connectivity index (χ1v) is 15.8. The van der Waals surface area contributed by atoms with Crippen LogP contribution in [0.15, 0.2) is 54.9 Å². The number of aryl methyl sites for hydroxylation is 1. The van der Waals surface area contributed by atoms with Gasteiger partial charge in [-0.3, -0.25) is 4.72 Å². The number of nitrogens with zero attached hydrogens (tertiary/aromatic N) is 3. The molecule has 0 radical (unpaired) electrons. The first kappa shape index (κ1) is 30.9. The summed E-state index contributed by atoms with van der Waals surface area (Å²) in [6.45, 7) is 4.26. The van der Waals surface area contributed by atoms with Crippen molar-refractivity contribution in [2.75, 3.05) is 35.5 Å². The van der Waals surface area contributed by atoms with Crippen LogP contribution in [0.2, 0.25) is 0 Å². The number of ether oxygens (including phenoxy) is 2. The molecule has 0 unspecified atom stereocenters. The van der Waals surface area contributed by atoms with E-state index in [0.29, 0.717) is 52.6 Å². The van der Waals surface area contributed by atoms with Crippen LogP contribution in [0, 0.1) is 12.7 Å². The van der Waals surface area contributed by atoms with Crippen LogP contribution in [0.4, 0.5) is 16.0 Å². The summed E-state index contributed by atoms with van der Waals surface area (Å²) in [6.07, 6.45) is 6.50. The summed E-state index contributed by atoms with van der Waals surface area (Å²) in [6, 6.07) is 12.0. The van der Waals surface area contributed by atoms with Gasteiger partial charge < -0.3 is 20.1 Å². The molecule has 2 saturated heterocycles. The molecule has 13 heteroatoms. The summed E-state index contributed by atoms with van der Waals surface area (Å²) in [7, 11) is -3.86. The molecule has 0 amide bonds. The highest BCUT2D eigenvalue weighted by Crippen LogP contribution is 2.39. The molecular weight excluding hydrogens is 595 g/mol. The van der Waals surface area contributed by atoms with Crippen LogP contribution < -0.4 is 20.1 Å². The van der Waals surface area contributed by atoms with E-state index >= 15 is 4.39 Å². The second-order valence-corrected chi connectivity index (χ2v) is 12.4. The van der Waals surface area contributed by atoms with Gasteiger partial charge in [-0.1, -0.05) is 12.1 Å². The number of halogens is 2. The summed E-state index contributed by atoms with van der Waals surface area (Å²) < 4.78 is 55.3. The van der Waals surface area contributed by atoms with Gasteiger partial charge in [0.25, 0.3) is 0 Å². The van der Waals surface area contributed by atoms with Crippen molar-refractivity contribution in [1.29, 1.82) is 0 Å². The SMILES string of the molecule is Cc1ccc2c(NS(=O)(=O)C[C@@H]3CCCO3)c(F)ccc2c1Oc1ncccc1-c1ccnc(N[C@H]2CCCNC2)n1.Cl. The van der Waals surface area contributed by atoms with E-state index in [-0.39, 0.29) is 29.9 Å². The molecule has 0 saturated carbocycles. The molecule has 10 nitrogen and oxygen atoms in total. The van der Waals surface area contributed by atoms with Crippen molar-refractivity contribution in [3.05, 3.63) is 66.2 Å². The number of aromatic nitrogens is 3. The molecule has 2 fully saturated rings. The molecule has 0 spiro atoms. The Kier molecular flexibility index (Phi) is 9.60. The molecule has 2 atom stereocenters. The lowest BCUT2D eigenvalue weighted by atomic mass is 10.0. The third kappa shape index (κ3) is 7.15. The van der Waals surface area contributed by atoms with Crippen LogP contribution in [-0.4, -0.2) is 61.0 Å². The maximum Gasteiger partial charge on any atom is 0.235 e. The van der Waals surface area contributed by atoms with Crippen LogP contribution in [0.1, 0.15) is 31.2 Å². The Morgan fingerprint density at radius 1 is 1.07 bits per heavy atom. The Labute approximate surface area is 256 Å². The Balaban J connectivity index is 0.00000368. The van der Waals surface area contributed by atoms with Crippen molar-refractivity contribution in [3.63, 3.8) is 0 Å². The van der Waals surface area contributed by atoms with Gasteiger partial charge in [0.05, 0.1) is 28.8 Å². The number of pyridine rings is 1. The molecule has 0 aliphatic carbocycles. The fraction of sp³-hybridized carbons (Fsp3) is 0.367. The standard InChI is InChI=1S/C30H33FN6O4S.ClH/c1-19-8-9-22-23(10-11-25(31)27(22)37-42(38,39)18-21-6-4-16-40-21)28(19)41-29-24(7-3-14-33-29)26-12-15-34-30(36-26)35-20-5-2-13-32-17-20;/h3,7-12,14-15,20-21,32,37H,2,4-6,13,16-18H2,1H3,(H,34,35,36);1H/t20-,21-;/m0./s1. The maximum atomic E-state index is 15.1. The van der Waals surface area contributed by atoms with E-state index in [0.717, 1.165) is 37.9 Å². The predicted octanol–water partition coefficient (Wildman–Crippen LogP) is 5.44. The van der Waals surface area contributed by atoms with Gasteiger partial charge in [0.2, 0.25) is 21.9 Å². The fourth-order valence-electron chi connectivity index (χ4n) is 5.42. The summed E-state index contributed by atoms with van der Waals surface area (Å²) in [5.41, 5.74) is 1.93. The molecule has 4 heterocycles. The number of piperidine rings is 1. The molecule has 4 aromatic rings. The van der Waals surface area contributed by atoms with Crippen LogP contribution >= 0.6 is 12.4 Å². The van der Waals surface area contributed by atoms with Crippen molar-refractivity contribution < 1.29 is 22.3 Å². The summed E-state index contributed by atoms with van der Waals surface area (Å²) in [4.78, 5) is 13.6. The molecule has 43 heavy (non-hydrogen) atoms. The number of hydrogen-bond acceptors (Lipinski definition) is 9. The Morgan fingerprint density at radius 2 is 1.93 bits per heavy atom. The predicted molar refractivity (Wildman–Crippen MR) is 167 cm³/mol. The first-order valence-electron chi connectivity index (χ1n) is 14.1. The molecule has 228 valence electrons. The van der Waals surface area contributed by atoms with E-state index in [2.05, 4.69) is 25.3 Å². The molecule has 0 bridgehead atoms. The topological polar surface area (TPSA) is 127 Å². The Hall–Kier alpha value is -3.58. The quantitative estimate of drug-likeness (QED) is 0.222. The number of sulfonamides is 1. The van der Waals surface area contributed by atoms with Crippen LogP contribution in [0.3, 0.4) is 0 Å². The minimum absolute atomic E-state index is 0. The van der Waals surface area contributed by atoms with Crippen molar-refractivity contribution >= 4 is 44.8 Å². The molecule has 2 aromatic carbocycles. The number of nitrogens with one attached hydrogen (secondary N) is 3. The highest BCUT2D eigenvalue weighted by molar-refractivity contribution is 7.92. The largest absolute Gasteiger partial charge is 0.437 e. The van der Waals surface area contributed by atoms with Gasteiger partial charge >= 0.3 is 0 Å². The van der Waals surface area contributed by atoms with Gasteiger partial charge in [0.1, 0.15) is 11.6 Å². The molecule has 2 aliphatic rings. The second kappa shape index (κ2) is 13.4. The van der Waals surface area contributed by atoms with Crippen molar-refractivity contribution in [3.8, 4) is 22.9 Å². The highest BCUT2D eigenvalue weighted by Gasteiger charge is 2.25. The fourth-order valence-corrected chi connectivity index (χ4v) is 6.77. The van der Waals surface area contributed by atoms with Crippen LogP contribution in [-0.2, 0) is 14.8 Å². The average Bonchev–Trinajstić information content (AvgIpc) is 3.49. The maximum absolute atomic E-state index is 15.1. The van der Waals surface area contributed by atoms with E-state index in [1.165, 1.54) is 6.07 Å². The van der Waals surface area contributed by atoms with Crippen molar-refractivity contribution in [2.45, 2.75) is 44.8 Å². The normalized spacial score (nSPS) is 18.7. The zero-order chi connectivity index (χ0) is 29.1. The average molecular weight is 629 g/mol.